The van der Waals surface area contributed by atoms with Crippen molar-refractivity contribution in [3.05, 3.63) is 51.9 Å². The van der Waals surface area contributed by atoms with Gasteiger partial charge in [0.05, 0.1) is 17.3 Å². The maximum Gasteiger partial charge on any atom is 0.291 e. The van der Waals surface area contributed by atoms with Crippen LogP contribution >= 0.6 is 23.2 Å². The minimum atomic E-state index is -0.454. The van der Waals surface area contributed by atoms with Gasteiger partial charge >= 0.3 is 0 Å². The number of hydrogen-bond acceptors (Lipinski definition) is 3. The van der Waals surface area contributed by atoms with Gasteiger partial charge in [0.25, 0.3) is 5.91 Å². The predicted octanol–water partition coefficient (Wildman–Crippen LogP) is 3.57. The van der Waals surface area contributed by atoms with E-state index in [-0.39, 0.29) is 17.6 Å². The Morgan fingerprint density at radius 2 is 2.10 bits per heavy atom. The maximum atomic E-state index is 12.0. The fourth-order valence-corrected chi connectivity index (χ4v) is 1.85. The van der Waals surface area contributed by atoms with Crippen molar-refractivity contribution in [2.75, 3.05) is 11.9 Å². The molecule has 0 aliphatic carbocycles. The molecule has 21 heavy (non-hydrogen) atoms. The van der Waals surface area contributed by atoms with Crippen molar-refractivity contribution in [2.24, 2.45) is 0 Å². The lowest BCUT2D eigenvalue weighted by atomic mass is 10.2. The number of anilines is 1. The van der Waals surface area contributed by atoms with E-state index in [1.807, 2.05) is 0 Å². The van der Waals surface area contributed by atoms with Crippen LogP contribution < -0.4 is 5.32 Å². The Kier molecular flexibility index (Phi) is 5.29. The fourth-order valence-electron chi connectivity index (χ4n) is 1.54. The minimum Gasteiger partial charge on any atom is -0.440 e. The summed E-state index contributed by atoms with van der Waals surface area (Å²) < 4.78 is 5.02. The number of benzene rings is 1. The quantitative estimate of drug-likeness (QED) is 0.849. The molecule has 0 saturated heterocycles. The lowest BCUT2D eigenvalue weighted by Crippen LogP contribution is -2.11. The number of aliphatic hydroxyl groups excluding tert-OH is 1. The summed E-state index contributed by atoms with van der Waals surface area (Å²) in [6.07, 6.45) is 0.384. The number of nitrogens with one attached hydrogen (secondary N) is 1. The zero-order valence-corrected chi connectivity index (χ0v) is 12.3. The Labute approximate surface area is 131 Å². The summed E-state index contributed by atoms with van der Waals surface area (Å²) >= 11 is 11.7. The molecule has 4 nitrogen and oxygen atoms in total. The second kappa shape index (κ2) is 7.19. The van der Waals surface area contributed by atoms with Crippen molar-refractivity contribution < 1.29 is 14.3 Å². The number of rotatable bonds is 3. The molecule has 0 aliphatic rings. The Bertz CT molecular complexity index is 713. The standard InChI is InChI=1S/C15H11Cl2NO3/c16-11-5-4-10(3-1-2-8-19)9-12(11)18-15(20)13-6-7-14(17)21-13/h4-7,9,19H,2,8H2,(H,18,20). The summed E-state index contributed by atoms with van der Waals surface area (Å²) in [5.41, 5.74) is 1.10. The summed E-state index contributed by atoms with van der Waals surface area (Å²) in [5.74, 6) is 5.30. The Morgan fingerprint density at radius 3 is 2.76 bits per heavy atom. The molecule has 0 bridgehead atoms. The molecule has 2 aromatic rings. The summed E-state index contributed by atoms with van der Waals surface area (Å²) in [4.78, 5) is 12.0. The molecule has 0 spiro atoms. The van der Waals surface area contributed by atoms with Crippen LogP contribution in [-0.4, -0.2) is 17.6 Å². The first-order valence-electron chi connectivity index (χ1n) is 6.06. The number of carbonyl (C=O) groups is 1. The van der Waals surface area contributed by atoms with E-state index in [1.165, 1.54) is 12.1 Å². The third kappa shape index (κ3) is 4.27. The van der Waals surface area contributed by atoms with Gasteiger partial charge in [0.2, 0.25) is 0 Å². The number of amides is 1. The largest absolute Gasteiger partial charge is 0.440 e. The van der Waals surface area contributed by atoms with Crippen LogP contribution in [0.1, 0.15) is 22.5 Å². The molecule has 1 aromatic carbocycles. The fraction of sp³-hybridized carbons (Fsp3) is 0.133. The number of carbonyl (C=O) groups excluding carboxylic acids is 1. The van der Waals surface area contributed by atoms with E-state index in [1.54, 1.807) is 18.2 Å². The van der Waals surface area contributed by atoms with Crippen molar-refractivity contribution in [3.8, 4) is 11.8 Å². The van der Waals surface area contributed by atoms with Crippen LogP contribution in [0.2, 0.25) is 10.2 Å². The molecule has 1 amide bonds. The molecule has 0 fully saturated rings. The van der Waals surface area contributed by atoms with Gasteiger partial charge in [-0.3, -0.25) is 4.79 Å². The second-order valence-corrected chi connectivity index (χ2v) is 4.81. The normalized spacial score (nSPS) is 9.86. The lowest BCUT2D eigenvalue weighted by molar-refractivity contribution is 0.0997. The molecule has 0 atom stereocenters. The van der Waals surface area contributed by atoms with Crippen LogP contribution in [0.4, 0.5) is 5.69 Å². The number of halogens is 2. The Balaban J connectivity index is 2.17. The SMILES string of the molecule is O=C(Nc1cc(C#CCCO)ccc1Cl)c1ccc(Cl)o1. The van der Waals surface area contributed by atoms with Crippen LogP contribution in [0.15, 0.2) is 34.7 Å². The molecule has 2 N–H and O–H groups in total. The van der Waals surface area contributed by atoms with Crippen LogP contribution in [0.5, 0.6) is 0 Å². The smallest absolute Gasteiger partial charge is 0.291 e. The molecule has 6 heteroatoms. The molecule has 1 aromatic heterocycles. The van der Waals surface area contributed by atoms with Gasteiger partial charge in [-0.2, -0.15) is 0 Å². The highest BCUT2D eigenvalue weighted by Crippen LogP contribution is 2.24. The molecule has 0 saturated carbocycles. The first kappa shape index (κ1) is 15.5. The van der Waals surface area contributed by atoms with Crippen molar-refractivity contribution in [2.45, 2.75) is 6.42 Å². The van der Waals surface area contributed by atoms with E-state index < -0.39 is 5.91 Å². The topological polar surface area (TPSA) is 62.5 Å². The average Bonchev–Trinajstić information content (AvgIpc) is 2.89. The summed E-state index contributed by atoms with van der Waals surface area (Å²) in [6, 6.07) is 7.96. The van der Waals surface area contributed by atoms with Gasteiger partial charge < -0.3 is 14.8 Å². The van der Waals surface area contributed by atoms with Gasteiger partial charge in [0, 0.05) is 12.0 Å². The molecule has 108 valence electrons. The number of hydrogen-bond donors (Lipinski definition) is 2. The van der Waals surface area contributed by atoms with E-state index >= 15 is 0 Å². The lowest BCUT2D eigenvalue weighted by Gasteiger charge is -2.06. The van der Waals surface area contributed by atoms with Gasteiger partial charge in [0.1, 0.15) is 0 Å². The molecule has 1 heterocycles. The molecular weight excluding hydrogens is 313 g/mol. The first-order chi connectivity index (χ1) is 10.1. The Morgan fingerprint density at radius 1 is 1.29 bits per heavy atom. The highest BCUT2D eigenvalue weighted by Gasteiger charge is 2.12. The average molecular weight is 324 g/mol. The van der Waals surface area contributed by atoms with E-state index in [0.717, 1.165) is 0 Å². The van der Waals surface area contributed by atoms with Crippen LogP contribution in [0.3, 0.4) is 0 Å². The van der Waals surface area contributed by atoms with E-state index in [0.29, 0.717) is 22.7 Å². The van der Waals surface area contributed by atoms with Crippen molar-refractivity contribution in [1.29, 1.82) is 0 Å². The minimum absolute atomic E-state index is 0.00341. The molecule has 2 rings (SSSR count). The summed E-state index contributed by atoms with van der Waals surface area (Å²) in [5, 5.41) is 11.8. The van der Waals surface area contributed by atoms with Gasteiger partial charge in [-0.25, -0.2) is 0 Å². The zero-order chi connectivity index (χ0) is 15.2. The van der Waals surface area contributed by atoms with Gasteiger partial charge in [-0.15, -0.1) is 0 Å². The van der Waals surface area contributed by atoms with Crippen LogP contribution in [0.25, 0.3) is 0 Å². The first-order valence-corrected chi connectivity index (χ1v) is 6.81. The van der Waals surface area contributed by atoms with Gasteiger partial charge in [-0.05, 0) is 41.9 Å². The van der Waals surface area contributed by atoms with Gasteiger partial charge in [-0.1, -0.05) is 23.4 Å². The monoisotopic (exact) mass is 323 g/mol. The van der Waals surface area contributed by atoms with Crippen molar-refractivity contribution in [1.82, 2.24) is 0 Å². The van der Waals surface area contributed by atoms with Crippen LogP contribution in [-0.2, 0) is 0 Å². The molecule has 0 aliphatic heterocycles. The third-order valence-corrected chi connectivity index (χ3v) is 3.01. The van der Waals surface area contributed by atoms with E-state index in [4.69, 9.17) is 32.7 Å². The zero-order valence-electron chi connectivity index (χ0n) is 10.8. The maximum absolute atomic E-state index is 12.0. The highest BCUT2D eigenvalue weighted by molar-refractivity contribution is 6.34. The van der Waals surface area contributed by atoms with Crippen molar-refractivity contribution >= 4 is 34.8 Å². The molecule has 0 radical (unpaired) electrons. The van der Waals surface area contributed by atoms with E-state index in [2.05, 4.69) is 17.2 Å². The van der Waals surface area contributed by atoms with Crippen LogP contribution in [0, 0.1) is 11.8 Å². The third-order valence-electron chi connectivity index (χ3n) is 2.48. The summed E-state index contributed by atoms with van der Waals surface area (Å²) in [7, 11) is 0. The molecule has 0 unspecified atom stereocenters. The number of furan rings is 1. The summed E-state index contributed by atoms with van der Waals surface area (Å²) in [6.45, 7) is 0.00341. The van der Waals surface area contributed by atoms with E-state index in [9.17, 15) is 4.79 Å². The molecular formula is C15H11Cl2NO3. The van der Waals surface area contributed by atoms with Gasteiger partial charge in [0.15, 0.2) is 11.0 Å². The number of aliphatic hydroxyl groups is 1. The predicted molar refractivity (Wildman–Crippen MR) is 81.7 cm³/mol. The van der Waals surface area contributed by atoms with Crippen molar-refractivity contribution in [3.63, 3.8) is 0 Å². The highest BCUT2D eigenvalue weighted by atomic mass is 35.5. The second-order valence-electron chi connectivity index (χ2n) is 4.03. The Hall–Kier alpha value is -1.93.